The molecule has 2 rings (SSSR count). The van der Waals surface area contributed by atoms with Crippen LogP contribution in [0.1, 0.15) is 38.3 Å². The molecule has 1 aliphatic heterocycles. The first-order valence-electron chi connectivity index (χ1n) is 7.76. The molecule has 1 fully saturated rings. The summed E-state index contributed by atoms with van der Waals surface area (Å²) < 4.78 is 6.72. The summed E-state index contributed by atoms with van der Waals surface area (Å²) in [6.45, 7) is 12.4. The summed E-state index contributed by atoms with van der Waals surface area (Å²) in [6.07, 6.45) is 1.13. The third-order valence-electron chi connectivity index (χ3n) is 3.65. The molecular formula is C17H27BrN2O. The molecule has 0 radical (unpaired) electrons. The van der Waals surface area contributed by atoms with Gasteiger partial charge in [-0.3, -0.25) is 4.90 Å². The summed E-state index contributed by atoms with van der Waals surface area (Å²) >= 11 is 3.73. The van der Waals surface area contributed by atoms with Gasteiger partial charge in [0.15, 0.2) is 0 Å². The lowest BCUT2D eigenvalue weighted by Crippen LogP contribution is -2.35. The molecular weight excluding hydrogens is 328 g/mol. The highest BCUT2D eigenvalue weighted by molar-refractivity contribution is 9.10. The van der Waals surface area contributed by atoms with E-state index in [9.17, 15) is 0 Å². The third kappa shape index (κ3) is 6.07. The molecule has 1 aromatic carbocycles. The van der Waals surface area contributed by atoms with E-state index in [0.29, 0.717) is 0 Å². The molecule has 0 unspecified atom stereocenters. The van der Waals surface area contributed by atoms with E-state index in [1.54, 1.807) is 0 Å². The molecule has 1 aromatic rings. The van der Waals surface area contributed by atoms with Crippen LogP contribution in [0.4, 0.5) is 0 Å². The predicted molar refractivity (Wildman–Crippen MR) is 91.4 cm³/mol. The molecule has 1 aliphatic rings. The fraction of sp³-hybridized carbons (Fsp3) is 0.647. The van der Waals surface area contributed by atoms with Crippen molar-refractivity contribution in [1.29, 1.82) is 0 Å². The van der Waals surface area contributed by atoms with Crippen molar-refractivity contribution in [2.75, 3.05) is 26.3 Å². The quantitative estimate of drug-likeness (QED) is 0.894. The SMILES string of the molecule is CC(C)(C)NCc1ccc(CN2CCCOCC2)c(Br)c1. The number of ether oxygens (including phenoxy) is 1. The molecule has 0 atom stereocenters. The Bertz CT molecular complexity index is 449. The van der Waals surface area contributed by atoms with Crippen LogP contribution < -0.4 is 5.32 Å². The zero-order valence-electron chi connectivity index (χ0n) is 13.4. The van der Waals surface area contributed by atoms with Gasteiger partial charge in [0.05, 0.1) is 6.61 Å². The molecule has 0 saturated carbocycles. The van der Waals surface area contributed by atoms with Crippen LogP contribution in [-0.4, -0.2) is 36.7 Å². The Morgan fingerprint density at radius 2 is 2.05 bits per heavy atom. The lowest BCUT2D eigenvalue weighted by atomic mass is 10.1. The van der Waals surface area contributed by atoms with Crippen molar-refractivity contribution in [2.24, 2.45) is 0 Å². The highest BCUT2D eigenvalue weighted by Gasteiger charge is 2.12. The fourth-order valence-corrected chi connectivity index (χ4v) is 2.94. The fourth-order valence-electron chi connectivity index (χ4n) is 2.39. The van der Waals surface area contributed by atoms with E-state index in [4.69, 9.17) is 4.74 Å². The second-order valence-electron chi connectivity index (χ2n) is 6.77. The van der Waals surface area contributed by atoms with Crippen LogP contribution in [0.15, 0.2) is 22.7 Å². The summed E-state index contributed by atoms with van der Waals surface area (Å²) in [7, 11) is 0. The lowest BCUT2D eigenvalue weighted by molar-refractivity contribution is 0.140. The summed E-state index contributed by atoms with van der Waals surface area (Å²) in [5, 5.41) is 3.53. The van der Waals surface area contributed by atoms with E-state index in [1.165, 1.54) is 15.6 Å². The van der Waals surface area contributed by atoms with Crippen LogP contribution in [0.25, 0.3) is 0 Å². The van der Waals surface area contributed by atoms with Crippen LogP contribution in [0.5, 0.6) is 0 Å². The standard InChI is InChI=1S/C17H27BrN2O/c1-17(2,3)19-12-14-5-6-15(16(18)11-14)13-20-7-4-9-21-10-8-20/h5-6,11,19H,4,7-10,12-13H2,1-3H3. The highest BCUT2D eigenvalue weighted by atomic mass is 79.9. The maximum absolute atomic E-state index is 5.51. The van der Waals surface area contributed by atoms with Gasteiger partial charge in [-0.15, -0.1) is 0 Å². The van der Waals surface area contributed by atoms with Crippen LogP contribution in [-0.2, 0) is 17.8 Å². The molecule has 0 aromatic heterocycles. The van der Waals surface area contributed by atoms with Crippen molar-refractivity contribution in [3.8, 4) is 0 Å². The highest BCUT2D eigenvalue weighted by Crippen LogP contribution is 2.21. The van der Waals surface area contributed by atoms with Gasteiger partial charge in [-0.1, -0.05) is 28.1 Å². The number of rotatable bonds is 4. The Hall–Kier alpha value is -0.420. The number of hydrogen-bond donors (Lipinski definition) is 1. The van der Waals surface area contributed by atoms with E-state index in [2.05, 4.69) is 65.1 Å². The predicted octanol–water partition coefficient (Wildman–Crippen LogP) is 3.56. The molecule has 1 heterocycles. The Balaban J connectivity index is 1.95. The molecule has 0 amide bonds. The first kappa shape index (κ1) is 16.9. The van der Waals surface area contributed by atoms with Crippen molar-refractivity contribution in [3.63, 3.8) is 0 Å². The Labute approximate surface area is 137 Å². The number of nitrogens with one attached hydrogen (secondary N) is 1. The van der Waals surface area contributed by atoms with Gasteiger partial charge >= 0.3 is 0 Å². The average Bonchev–Trinajstić information content (AvgIpc) is 2.67. The monoisotopic (exact) mass is 354 g/mol. The molecule has 0 bridgehead atoms. The van der Waals surface area contributed by atoms with Crippen LogP contribution >= 0.6 is 15.9 Å². The Kier molecular flexibility index (Phi) is 6.23. The first-order valence-corrected chi connectivity index (χ1v) is 8.56. The largest absolute Gasteiger partial charge is 0.380 e. The molecule has 0 spiro atoms. The van der Waals surface area contributed by atoms with Crippen LogP contribution in [0.3, 0.4) is 0 Å². The first-order chi connectivity index (χ1) is 9.94. The molecule has 1 saturated heterocycles. The maximum Gasteiger partial charge on any atom is 0.0593 e. The van der Waals surface area contributed by atoms with Crippen molar-refractivity contribution in [2.45, 2.75) is 45.8 Å². The van der Waals surface area contributed by atoms with Crippen molar-refractivity contribution in [3.05, 3.63) is 33.8 Å². The lowest BCUT2D eigenvalue weighted by Gasteiger charge is -2.22. The molecule has 3 nitrogen and oxygen atoms in total. The van der Waals surface area contributed by atoms with Gasteiger partial charge in [0.1, 0.15) is 0 Å². The maximum atomic E-state index is 5.51. The zero-order valence-corrected chi connectivity index (χ0v) is 15.0. The average molecular weight is 355 g/mol. The van der Waals surface area contributed by atoms with E-state index < -0.39 is 0 Å². The summed E-state index contributed by atoms with van der Waals surface area (Å²) in [5.41, 5.74) is 2.83. The second-order valence-corrected chi connectivity index (χ2v) is 7.63. The van der Waals surface area contributed by atoms with Gasteiger partial charge in [-0.05, 0) is 44.4 Å². The topological polar surface area (TPSA) is 24.5 Å². The number of hydrogen-bond acceptors (Lipinski definition) is 3. The number of benzene rings is 1. The van der Waals surface area contributed by atoms with Crippen LogP contribution in [0.2, 0.25) is 0 Å². The summed E-state index contributed by atoms with van der Waals surface area (Å²) in [5.74, 6) is 0. The molecule has 1 N–H and O–H groups in total. The molecule has 0 aliphatic carbocycles. The molecule has 118 valence electrons. The van der Waals surface area contributed by atoms with E-state index >= 15 is 0 Å². The van der Waals surface area contributed by atoms with Gasteiger partial charge in [0, 0.05) is 42.8 Å². The second kappa shape index (κ2) is 7.73. The van der Waals surface area contributed by atoms with E-state index in [1.807, 2.05) is 0 Å². The van der Waals surface area contributed by atoms with E-state index in [0.717, 1.165) is 45.8 Å². The zero-order chi connectivity index (χ0) is 15.3. The smallest absolute Gasteiger partial charge is 0.0593 e. The normalized spacial score (nSPS) is 17.7. The Morgan fingerprint density at radius 3 is 2.76 bits per heavy atom. The third-order valence-corrected chi connectivity index (χ3v) is 4.39. The van der Waals surface area contributed by atoms with Gasteiger partial charge < -0.3 is 10.1 Å². The van der Waals surface area contributed by atoms with Gasteiger partial charge in [-0.2, -0.15) is 0 Å². The van der Waals surface area contributed by atoms with Crippen molar-refractivity contribution < 1.29 is 4.74 Å². The van der Waals surface area contributed by atoms with Gasteiger partial charge in [-0.25, -0.2) is 0 Å². The van der Waals surface area contributed by atoms with Crippen molar-refractivity contribution in [1.82, 2.24) is 10.2 Å². The summed E-state index contributed by atoms with van der Waals surface area (Å²) in [6, 6.07) is 6.71. The minimum Gasteiger partial charge on any atom is -0.380 e. The van der Waals surface area contributed by atoms with Crippen molar-refractivity contribution >= 4 is 15.9 Å². The molecule has 21 heavy (non-hydrogen) atoms. The summed E-state index contributed by atoms with van der Waals surface area (Å²) in [4.78, 5) is 2.47. The number of nitrogens with zero attached hydrogens (tertiary/aromatic N) is 1. The van der Waals surface area contributed by atoms with E-state index in [-0.39, 0.29) is 5.54 Å². The van der Waals surface area contributed by atoms with Crippen LogP contribution in [0, 0.1) is 0 Å². The van der Waals surface area contributed by atoms with Gasteiger partial charge in [0.25, 0.3) is 0 Å². The molecule has 4 heteroatoms. The minimum atomic E-state index is 0.150. The van der Waals surface area contributed by atoms with Gasteiger partial charge in [0.2, 0.25) is 0 Å². The minimum absolute atomic E-state index is 0.150. The Morgan fingerprint density at radius 1 is 1.24 bits per heavy atom. The number of halogens is 1.